The number of carbonyl (C=O) groups is 1. The standard InChI is InChI=1S/C17H28N2O2/c1-5-19(6-2)11-7-8-14(4)18-17(21)15-9-10-16(20)13(3)12-15/h9-10,12,14,20H,5-8,11H2,1-4H3,(H,18,21). The molecule has 0 bridgehead atoms. The maximum absolute atomic E-state index is 12.1. The van der Waals surface area contributed by atoms with E-state index >= 15 is 0 Å². The molecule has 118 valence electrons. The van der Waals surface area contributed by atoms with Crippen molar-refractivity contribution in [3.8, 4) is 5.75 Å². The summed E-state index contributed by atoms with van der Waals surface area (Å²) < 4.78 is 0. The summed E-state index contributed by atoms with van der Waals surface area (Å²) in [6, 6.07) is 5.09. The van der Waals surface area contributed by atoms with Crippen molar-refractivity contribution in [2.45, 2.75) is 46.6 Å². The summed E-state index contributed by atoms with van der Waals surface area (Å²) in [5.74, 6) is 0.146. The van der Waals surface area contributed by atoms with Gasteiger partial charge in [-0.15, -0.1) is 0 Å². The highest BCUT2D eigenvalue weighted by Crippen LogP contribution is 2.17. The first kappa shape index (κ1) is 17.5. The lowest BCUT2D eigenvalue weighted by Gasteiger charge is -2.19. The molecule has 1 aromatic carbocycles. The first-order valence-electron chi connectivity index (χ1n) is 7.80. The van der Waals surface area contributed by atoms with E-state index in [1.807, 2.05) is 6.92 Å². The molecule has 0 aliphatic rings. The quantitative estimate of drug-likeness (QED) is 0.774. The first-order valence-corrected chi connectivity index (χ1v) is 7.80. The Morgan fingerprint density at radius 1 is 1.33 bits per heavy atom. The lowest BCUT2D eigenvalue weighted by atomic mass is 10.1. The van der Waals surface area contributed by atoms with Gasteiger partial charge in [0.2, 0.25) is 0 Å². The average Bonchev–Trinajstić information content (AvgIpc) is 2.46. The van der Waals surface area contributed by atoms with Crippen LogP contribution in [-0.2, 0) is 0 Å². The van der Waals surface area contributed by atoms with Gasteiger partial charge in [-0.3, -0.25) is 4.79 Å². The Morgan fingerprint density at radius 3 is 2.57 bits per heavy atom. The zero-order valence-electron chi connectivity index (χ0n) is 13.6. The normalized spacial score (nSPS) is 12.4. The first-order chi connectivity index (χ1) is 9.97. The van der Waals surface area contributed by atoms with Gasteiger partial charge in [-0.2, -0.15) is 0 Å². The van der Waals surface area contributed by atoms with E-state index in [0.717, 1.165) is 38.0 Å². The fourth-order valence-corrected chi connectivity index (χ4v) is 2.34. The van der Waals surface area contributed by atoms with Gasteiger partial charge in [0.1, 0.15) is 5.75 Å². The molecule has 4 nitrogen and oxygen atoms in total. The number of aryl methyl sites for hydroxylation is 1. The van der Waals surface area contributed by atoms with Crippen molar-refractivity contribution < 1.29 is 9.90 Å². The molecule has 0 heterocycles. The summed E-state index contributed by atoms with van der Waals surface area (Å²) in [5, 5.41) is 12.5. The van der Waals surface area contributed by atoms with E-state index in [1.54, 1.807) is 25.1 Å². The largest absolute Gasteiger partial charge is 0.508 e. The number of phenolic OH excluding ortho intramolecular Hbond substituents is 1. The Balaban J connectivity index is 2.41. The second-order valence-corrected chi connectivity index (χ2v) is 5.54. The third kappa shape index (κ3) is 5.76. The van der Waals surface area contributed by atoms with Crippen LogP contribution in [0, 0.1) is 6.92 Å². The number of rotatable bonds is 8. The summed E-state index contributed by atoms with van der Waals surface area (Å²) in [6.45, 7) is 11.4. The molecule has 0 aliphatic carbocycles. The molecule has 1 amide bonds. The highest BCUT2D eigenvalue weighted by atomic mass is 16.3. The van der Waals surface area contributed by atoms with Crippen LogP contribution >= 0.6 is 0 Å². The van der Waals surface area contributed by atoms with Crippen LogP contribution < -0.4 is 5.32 Å². The van der Waals surface area contributed by atoms with Gasteiger partial charge >= 0.3 is 0 Å². The third-order valence-electron chi connectivity index (χ3n) is 3.84. The van der Waals surface area contributed by atoms with Gasteiger partial charge in [-0.1, -0.05) is 13.8 Å². The van der Waals surface area contributed by atoms with Crippen LogP contribution in [0.15, 0.2) is 18.2 Å². The smallest absolute Gasteiger partial charge is 0.251 e. The van der Waals surface area contributed by atoms with Gasteiger partial charge < -0.3 is 15.3 Å². The van der Waals surface area contributed by atoms with Gasteiger partial charge in [0.15, 0.2) is 0 Å². The SMILES string of the molecule is CCN(CC)CCCC(C)NC(=O)c1ccc(O)c(C)c1. The Labute approximate surface area is 128 Å². The Morgan fingerprint density at radius 2 is 2.00 bits per heavy atom. The van der Waals surface area contributed by atoms with Crippen LogP contribution in [-0.4, -0.2) is 41.6 Å². The van der Waals surface area contributed by atoms with Crippen molar-refractivity contribution in [2.24, 2.45) is 0 Å². The molecule has 1 rings (SSSR count). The number of nitrogens with one attached hydrogen (secondary N) is 1. The number of amides is 1. The number of phenols is 1. The van der Waals surface area contributed by atoms with Gasteiger partial charge in [-0.25, -0.2) is 0 Å². The van der Waals surface area contributed by atoms with E-state index in [2.05, 4.69) is 24.1 Å². The summed E-state index contributed by atoms with van der Waals surface area (Å²) >= 11 is 0. The molecule has 4 heteroatoms. The van der Waals surface area contributed by atoms with Gasteiger partial charge in [-0.05, 0) is 70.1 Å². The molecule has 0 radical (unpaired) electrons. The number of hydrogen-bond donors (Lipinski definition) is 2. The van der Waals surface area contributed by atoms with E-state index in [4.69, 9.17) is 0 Å². The Kier molecular flexibility index (Phi) is 7.23. The van der Waals surface area contributed by atoms with Gasteiger partial charge in [0.05, 0.1) is 0 Å². The van der Waals surface area contributed by atoms with Crippen LogP contribution in [0.5, 0.6) is 5.75 Å². The van der Waals surface area contributed by atoms with Crippen LogP contribution in [0.1, 0.15) is 49.5 Å². The summed E-state index contributed by atoms with van der Waals surface area (Å²) in [7, 11) is 0. The molecule has 0 fully saturated rings. The lowest BCUT2D eigenvalue weighted by molar-refractivity contribution is 0.0937. The summed E-state index contributed by atoms with van der Waals surface area (Å²) in [6.07, 6.45) is 2.05. The third-order valence-corrected chi connectivity index (χ3v) is 3.84. The van der Waals surface area contributed by atoms with Crippen molar-refractivity contribution in [1.82, 2.24) is 10.2 Å². The molecule has 1 aromatic rings. The number of carbonyl (C=O) groups excluding carboxylic acids is 1. The molecule has 0 spiro atoms. The molecule has 2 N–H and O–H groups in total. The maximum Gasteiger partial charge on any atom is 0.251 e. The zero-order chi connectivity index (χ0) is 15.8. The Hall–Kier alpha value is -1.55. The van der Waals surface area contributed by atoms with Crippen molar-refractivity contribution >= 4 is 5.91 Å². The van der Waals surface area contributed by atoms with E-state index in [0.29, 0.717) is 5.56 Å². The van der Waals surface area contributed by atoms with E-state index in [9.17, 15) is 9.90 Å². The van der Waals surface area contributed by atoms with Gasteiger partial charge in [0.25, 0.3) is 5.91 Å². The highest BCUT2D eigenvalue weighted by Gasteiger charge is 2.11. The number of aromatic hydroxyl groups is 1. The van der Waals surface area contributed by atoms with E-state index < -0.39 is 0 Å². The van der Waals surface area contributed by atoms with Crippen molar-refractivity contribution in [3.05, 3.63) is 29.3 Å². The lowest BCUT2D eigenvalue weighted by Crippen LogP contribution is -2.33. The molecule has 1 unspecified atom stereocenters. The zero-order valence-corrected chi connectivity index (χ0v) is 13.6. The summed E-state index contributed by atoms with van der Waals surface area (Å²) in [4.78, 5) is 14.5. The maximum atomic E-state index is 12.1. The second-order valence-electron chi connectivity index (χ2n) is 5.54. The average molecular weight is 292 g/mol. The number of nitrogens with zero attached hydrogens (tertiary/aromatic N) is 1. The van der Waals surface area contributed by atoms with Crippen molar-refractivity contribution in [1.29, 1.82) is 0 Å². The molecular formula is C17H28N2O2. The molecular weight excluding hydrogens is 264 g/mol. The monoisotopic (exact) mass is 292 g/mol. The molecule has 1 atom stereocenters. The minimum absolute atomic E-state index is 0.0755. The topological polar surface area (TPSA) is 52.6 Å². The molecule has 0 saturated heterocycles. The molecule has 0 saturated carbocycles. The highest BCUT2D eigenvalue weighted by molar-refractivity contribution is 5.94. The van der Waals surface area contributed by atoms with E-state index in [-0.39, 0.29) is 17.7 Å². The Bertz CT molecular complexity index is 456. The van der Waals surface area contributed by atoms with Crippen molar-refractivity contribution in [2.75, 3.05) is 19.6 Å². The fraction of sp³-hybridized carbons (Fsp3) is 0.588. The molecule has 0 aromatic heterocycles. The number of benzene rings is 1. The second kappa shape index (κ2) is 8.67. The van der Waals surface area contributed by atoms with Crippen molar-refractivity contribution in [3.63, 3.8) is 0 Å². The minimum atomic E-state index is -0.0755. The minimum Gasteiger partial charge on any atom is -0.508 e. The van der Waals surface area contributed by atoms with E-state index in [1.165, 1.54) is 0 Å². The van der Waals surface area contributed by atoms with Crippen LogP contribution in [0.2, 0.25) is 0 Å². The van der Waals surface area contributed by atoms with Crippen LogP contribution in [0.3, 0.4) is 0 Å². The van der Waals surface area contributed by atoms with Crippen LogP contribution in [0.4, 0.5) is 0 Å². The summed E-state index contributed by atoms with van der Waals surface area (Å²) in [5.41, 5.74) is 1.32. The molecule has 0 aliphatic heterocycles. The predicted molar refractivity (Wildman–Crippen MR) is 86.8 cm³/mol. The number of hydrogen-bond acceptors (Lipinski definition) is 3. The fourth-order valence-electron chi connectivity index (χ4n) is 2.34. The molecule has 21 heavy (non-hydrogen) atoms. The van der Waals surface area contributed by atoms with Gasteiger partial charge in [0, 0.05) is 11.6 Å². The van der Waals surface area contributed by atoms with Crippen LogP contribution in [0.25, 0.3) is 0 Å². The predicted octanol–water partition coefficient (Wildman–Crippen LogP) is 2.94.